The van der Waals surface area contributed by atoms with Crippen LogP contribution in [0, 0.1) is 12.8 Å². The molecule has 1 N–H and O–H groups in total. The van der Waals surface area contributed by atoms with Gasteiger partial charge in [0.2, 0.25) is 0 Å². The molecule has 3 nitrogen and oxygen atoms in total. The lowest BCUT2D eigenvalue weighted by molar-refractivity contribution is 0.0912. The molecule has 0 aliphatic heterocycles. The first-order chi connectivity index (χ1) is 10.1. The van der Waals surface area contributed by atoms with Crippen LogP contribution in [-0.4, -0.2) is 16.9 Å². The van der Waals surface area contributed by atoms with Crippen LogP contribution < -0.4 is 5.32 Å². The minimum absolute atomic E-state index is 0.0375. The summed E-state index contributed by atoms with van der Waals surface area (Å²) in [5.41, 5.74) is 2.52. The number of aryl methyl sites for hydroxylation is 1. The van der Waals surface area contributed by atoms with Gasteiger partial charge in [-0.15, -0.1) is 0 Å². The van der Waals surface area contributed by atoms with Crippen LogP contribution in [-0.2, 0) is 0 Å². The van der Waals surface area contributed by atoms with Crippen molar-refractivity contribution in [3.05, 3.63) is 41.6 Å². The number of nitrogens with one attached hydrogen (secondary N) is 1. The van der Waals surface area contributed by atoms with Gasteiger partial charge < -0.3 is 5.32 Å². The molecule has 0 unspecified atom stereocenters. The van der Waals surface area contributed by atoms with Crippen molar-refractivity contribution in [1.82, 2.24) is 10.3 Å². The van der Waals surface area contributed by atoms with Gasteiger partial charge in [0, 0.05) is 17.1 Å². The lowest BCUT2D eigenvalue weighted by atomic mass is 9.86. The van der Waals surface area contributed by atoms with E-state index in [1.165, 1.54) is 19.3 Å². The zero-order valence-corrected chi connectivity index (χ0v) is 12.7. The highest BCUT2D eigenvalue weighted by atomic mass is 16.1. The first-order valence-corrected chi connectivity index (χ1v) is 7.82. The van der Waals surface area contributed by atoms with Crippen molar-refractivity contribution in [2.45, 2.75) is 45.6 Å². The average Bonchev–Trinajstić information content (AvgIpc) is 2.48. The molecule has 0 saturated heterocycles. The molecule has 1 aliphatic rings. The lowest BCUT2D eigenvalue weighted by Gasteiger charge is -2.29. The van der Waals surface area contributed by atoms with Crippen molar-refractivity contribution >= 4 is 16.8 Å². The molecule has 3 heteroatoms. The van der Waals surface area contributed by atoms with Crippen LogP contribution in [0.2, 0.25) is 0 Å². The summed E-state index contributed by atoms with van der Waals surface area (Å²) in [6, 6.07) is 10.0. The van der Waals surface area contributed by atoms with Gasteiger partial charge >= 0.3 is 0 Å². The summed E-state index contributed by atoms with van der Waals surface area (Å²) in [6.45, 7) is 4.17. The van der Waals surface area contributed by atoms with Crippen molar-refractivity contribution in [1.29, 1.82) is 0 Å². The van der Waals surface area contributed by atoms with Gasteiger partial charge in [-0.25, -0.2) is 0 Å². The van der Waals surface area contributed by atoms with E-state index in [1.807, 2.05) is 37.3 Å². The maximum atomic E-state index is 12.7. The minimum atomic E-state index is 0.0375. The summed E-state index contributed by atoms with van der Waals surface area (Å²) in [4.78, 5) is 17.2. The summed E-state index contributed by atoms with van der Waals surface area (Å²) >= 11 is 0. The number of carbonyl (C=O) groups excluding carboxylic acids is 1. The second kappa shape index (κ2) is 5.84. The number of hydrogen-bond acceptors (Lipinski definition) is 2. The molecule has 1 aliphatic carbocycles. The van der Waals surface area contributed by atoms with E-state index in [2.05, 4.69) is 17.2 Å². The van der Waals surface area contributed by atoms with Gasteiger partial charge in [-0.1, -0.05) is 38.0 Å². The van der Waals surface area contributed by atoms with E-state index in [0.717, 1.165) is 28.6 Å². The number of hydrogen-bond donors (Lipinski definition) is 1. The molecule has 1 aromatic carbocycles. The van der Waals surface area contributed by atoms with Crippen LogP contribution in [0.1, 0.15) is 48.7 Å². The van der Waals surface area contributed by atoms with E-state index in [4.69, 9.17) is 0 Å². The van der Waals surface area contributed by atoms with E-state index >= 15 is 0 Å². The number of aromatic nitrogens is 1. The molecule has 21 heavy (non-hydrogen) atoms. The number of amides is 1. The van der Waals surface area contributed by atoms with Gasteiger partial charge in [0.25, 0.3) is 5.91 Å². The fourth-order valence-electron chi connectivity index (χ4n) is 3.27. The minimum Gasteiger partial charge on any atom is -0.349 e. The highest BCUT2D eigenvalue weighted by Gasteiger charge is 2.24. The van der Waals surface area contributed by atoms with Crippen LogP contribution in [0.25, 0.3) is 10.9 Å². The normalized spacial score (nSPS) is 22.2. The smallest absolute Gasteiger partial charge is 0.252 e. The summed E-state index contributed by atoms with van der Waals surface area (Å²) in [7, 11) is 0. The highest BCUT2D eigenvalue weighted by Crippen LogP contribution is 2.25. The number of pyridine rings is 1. The first kappa shape index (κ1) is 14.1. The Balaban J connectivity index is 1.90. The number of carbonyl (C=O) groups is 1. The van der Waals surface area contributed by atoms with Gasteiger partial charge in [0.15, 0.2) is 0 Å². The third-order valence-corrected chi connectivity index (χ3v) is 4.52. The van der Waals surface area contributed by atoms with Crippen molar-refractivity contribution in [3.8, 4) is 0 Å². The summed E-state index contributed by atoms with van der Waals surface area (Å²) in [5, 5.41) is 4.17. The molecular weight excluding hydrogens is 260 g/mol. The standard InChI is InChI=1S/C18H22N2O/c1-12-7-3-5-9-16(12)20-18(21)15-11-13(2)19-17-10-6-4-8-14(15)17/h4,6,8,10-12,16H,3,5,7,9H2,1-2H3,(H,20,21)/t12-,16+/m0/s1. The Bertz CT molecular complexity index is 665. The van der Waals surface area contributed by atoms with E-state index in [0.29, 0.717) is 12.0 Å². The van der Waals surface area contributed by atoms with Crippen molar-refractivity contribution < 1.29 is 4.79 Å². The Kier molecular flexibility index (Phi) is 3.91. The SMILES string of the molecule is Cc1cc(C(=O)N[C@@H]2CCCC[C@@H]2C)c2ccccc2n1. The second-order valence-corrected chi connectivity index (χ2v) is 6.17. The summed E-state index contributed by atoms with van der Waals surface area (Å²) in [5.74, 6) is 0.604. The van der Waals surface area contributed by atoms with Gasteiger partial charge in [0.05, 0.1) is 11.1 Å². The summed E-state index contributed by atoms with van der Waals surface area (Å²) < 4.78 is 0. The molecule has 0 spiro atoms. The van der Waals surface area contributed by atoms with Crippen LogP contribution in [0.5, 0.6) is 0 Å². The second-order valence-electron chi connectivity index (χ2n) is 6.17. The van der Waals surface area contributed by atoms with Gasteiger partial charge in [0.1, 0.15) is 0 Å². The molecule has 0 bridgehead atoms. The Morgan fingerprint density at radius 2 is 2.00 bits per heavy atom. The zero-order chi connectivity index (χ0) is 14.8. The van der Waals surface area contributed by atoms with E-state index in [-0.39, 0.29) is 5.91 Å². The summed E-state index contributed by atoms with van der Waals surface area (Å²) in [6.07, 6.45) is 4.80. The maximum Gasteiger partial charge on any atom is 0.252 e. The first-order valence-electron chi connectivity index (χ1n) is 7.82. The molecule has 2 aromatic rings. The Hall–Kier alpha value is -1.90. The van der Waals surface area contributed by atoms with Crippen LogP contribution in [0.4, 0.5) is 0 Å². The average molecular weight is 282 g/mol. The van der Waals surface area contributed by atoms with Gasteiger partial charge in [-0.3, -0.25) is 9.78 Å². The third-order valence-electron chi connectivity index (χ3n) is 4.52. The predicted octanol–water partition coefficient (Wildman–Crippen LogP) is 3.85. The molecule has 1 fully saturated rings. The molecule has 1 aromatic heterocycles. The molecule has 1 heterocycles. The molecule has 1 saturated carbocycles. The molecule has 2 atom stereocenters. The van der Waals surface area contributed by atoms with E-state index in [9.17, 15) is 4.79 Å². The van der Waals surface area contributed by atoms with Crippen LogP contribution in [0.15, 0.2) is 30.3 Å². The topological polar surface area (TPSA) is 42.0 Å². The predicted molar refractivity (Wildman–Crippen MR) is 85.4 cm³/mol. The largest absolute Gasteiger partial charge is 0.349 e. The van der Waals surface area contributed by atoms with Crippen molar-refractivity contribution in [2.75, 3.05) is 0 Å². The van der Waals surface area contributed by atoms with Crippen LogP contribution in [0.3, 0.4) is 0 Å². The van der Waals surface area contributed by atoms with E-state index < -0.39 is 0 Å². The third kappa shape index (κ3) is 2.92. The number of fused-ring (bicyclic) bond motifs is 1. The Labute approximate surface area is 125 Å². The number of benzene rings is 1. The fraction of sp³-hybridized carbons (Fsp3) is 0.444. The molecule has 110 valence electrons. The Morgan fingerprint density at radius 1 is 1.24 bits per heavy atom. The van der Waals surface area contributed by atoms with Crippen molar-refractivity contribution in [3.63, 3.8) is 0 Å². The molecule has 3 rings (SSSR count). The number of nitrogens with zero attached hydrogens (tertiary/aromatic N) is 1. The van der Waals surface area contributed by atoms with E-state index in [1.54, 1.807) is 0 Å². The fourth-order valence-corrected chi connectivity index (χ4v) is 3.27. The number of para-hydroxylation sites is 1. The molecule has 1 amide bonds. The van der Waals surface area contributed by atoms with Gasteiger partial charge in [-0.05, 0) is 37.8 Å². The molecule has 0 radical (unpaired) electrons. The maximum absolute atomic E-state index is 12.7. The quantitative estimate of drug-likeness (QED) is 0.909. The van der Waals surface area contributed by atoms with Gasteiger partial charge in [-0.2, -0.15) is 0 Å². The van der Waals surface area contributed by atoms with Crippen LogP contribution >= 0.6 is 0 Å². The highest BCUT2D eigenvalue weighted by molar-refractivity contribution is 6.06. The Morgan fingerprint density at radius 3 is 2.81 bits per heavy atom. The monoisotopic (exact) mass is 282 g/mol. The lowest BCUT2D eigenvalue weighted by Crippen LogP contribution is -2.41. The molecular formula is C18H22N2O. The van der Waals surface area contributed by atoms with Crippen molar-refractivity contribution in [2.24, 2.45) is 5.92 Å². The zero-order valence-electron chi connectivity index (χ0n) is 12.7. The number of rotatable bonds is 2.